The van der Waals surface area contributed by atoms with Crippen molar-refractivity contribution in [1.82, 2.24) is 10.3 Å². The second-order valence-electron chi connectivity index (χ2n) is 5.93. The molecule has 1 atom stereocenters. The number of aliphatic hydroxyl groups is 1. The van der Waals surface area contributed by atoms with Crippen LogP contribution >= 0.6 is 0 Å². The Hall–Kier alpha value is -1.91. The van der Waals surface area contributed by atoms with Gasteiger partial charge in [-0.2, -0.15) is 0 Å². The maximum atomic E-state index is 11.0. The minimum atomic E-state index is -0.642. The number of pyridine rings is 1. The Morgan fingerprint density at radius 1 is 1.19 bits per heavy atom. The van der Waals surface area contributed by atoms with Crippen molar-refractivity contribution in [3.05, 3.63) is 70.1 Å². The number of benzene rings is 1. The van der Waals surface area contributed by atoms with Crippen LogP contribution in [0.25, 0.3) is 0 Å². The highest BCUT2D eigenvalue weighted by Crippen LogP contribution is 2.15. The number of nitrogens with one attached hydrogen (secondary N) is 2. The predicted molar refractivity (Wildman–Crippen MR) is 84.3 cm³/mol. The van der Waals surface area contributed by atoms with E-state index in [0.29, 0.717) is 12.1 Å². The zero-order valence-electron chi connectivity index (χ0n) is 12.5. The summed E-state index contributed by atoms with van der Waals surface area (Å²) in [6, 6.07) is 13.3. The van der Waals surface area contributed by atoms with E-state index in [-0.39, 0.29) is 11.1 Å². The number of hydrogen-bond acceptors (Lipinski definition) is 3. The maximum Gasteiger partial charge on any atom is 0.247 e. The number of hydrogen-bond donors (Lipinski definition) is 3. The fraction of sp³-hybridized carbons (Fsp3) is 0.353. The Labute approximate surface area is 124 Å². The van der Waals surface area contributed by atoms with Gasteiger partial charge >= 0.3 is 0 Å². The van der Waals surface area contributed by atoms with Crippen LogP contribution in [0.4, 0.5) is 0 Å². The lowest BCUT2D eigenvalue weighted by molar-refractivity contribution is 0.160. The summed E-state index contributed by atoms with van der Waals surface area (Å²) >= 11 is 0. The van der Waals surface area contributed by atoms with E-state index >= 15 is 0 Å². The molecule has 0 radical (unpaired) electrons. The van der Waals surface area contributed by atoms with E-state index in [1.54, 1.807) is 12.3 Å². The standard InChI is InChI=1S/C17H22N2O2/c1-17(2,10-13-6-4-3-5-7-13)19-12-15(20)14-8-9-16(21)18-11-14/h3-9,11,15,19-20H,10,12H2,1-2H3,(H,18,21). The zero-order valence-corrected chi connectivity index (χ0v) is 12.5. The van der Waals surface area contributed by atoms with E-state index in [9.17, 15) is 9.90 Å². The Bertz CT molecular complexity index is 600. The number of β-amino-alcohol motifs (C(OH)–C–C–N with tert-alkyl or cyclic N) is 1. The lowest BCUT2D eigenvalue weighted by atomic mass is 9.94. The molecule has 0 aliphatic carbocycles. The molecule has 0 amide bonds. The zero-order chi connectivity index (χ0) is 15.3. The highest BCUT2D eigenvalue weighted by Gasteiger charge is 2.19. The first-order chi connectivity index (χ1) is 9.96. The van der Waals surface area contributed by atoms with Crippen LogP contribution in [0, 0.1) is 0 Å². The molecule has 1 unspecified atom stereocenters. The molecule has 21 heavy (non-hydrogen) atoms. The summed E-state index contributed by atoms with van der Waals surface area (Å²) in [6.07, 6.45) is 1.79. The van der Waals surface area contributed by atoms with Gasteiger partial charge in [-0.25, -0.2) is 0 Å². The van der Waals surface area contributed by atoms with Crippen molar-refractivity contribution >= 4 is 0 Å². The molecular formula is C17H22N2O2. The molecule has 0 saturated carbocycles. The van der Waals surface area contributed by atoms with E-state index in [2.05, 4.69) is 36.3 Å². The lowest BCUT2D eigenvalue weighted by Crippen LogP contribution is -2.43. The second-order valence-corrected chi connectivity index (χ2v) is 5.93. The molecule has 1 aromatic carbocycles. The lowest BCUT2D eigenvalue weighted by Gasteiger charge is -2.28. The molecule has 112 valence electrons. The van der Waals surface area contributed by atoms with Gasteiger partial charge in [0.05, 0.1) is 6.10 Å². The first kappa shape index (κ1) is 15.5. The molecular weight excluding hydrogens is 264 g/mol. The van der Waals surface area contributed by atoms with Crippen molar-refractivity contribution in [2.24, 2.45) is 0 Å². The molecule has 2 aromatic rings. The number of aliphatic hydroxyl groups excluding tert-OH is 1. The van der Waals surface area contributed by atoms with E-state index in [1.807, 2.05) is 18.2 Å². The smallest absolute Gasteiger partial charge is 0.247 e. The van der Waals surface area contributed by atoms with Crippen molar-refractivity contribution in [2.45, 2.75) is 31.9 Å². The van der Waals surface area contributed by atoms with E-state index < -0.39 is 6.10 Å². The predicted octanol–water partition coefficient (Wildman–Crippen LogP) is 2.02. The van der Waals surface area contributed by atoms with Crippen molar-refractivity contribution in [3.8, 4) is 0 Å². The number of aromatic nitrogens is 1. The molecule has 0 aliphatic heterocycles. The molecule has 3 N–H and O–H groups in total. The summed E-state index contributed by atoms with van der Waals surface area (Å²) < 4.78 is 0. The van der Waals surface area contributed by atoms with Crippen molar-refractivity contribution in [1.29, 1.82) is 0 Å². The van der Waals surface area contributed by atoms with Crippen LogP contribution < -0.4 is 10.9 Å². The van der Waals surface area contributed by atoms with Crippen LogP contribution in [0.15, 0.2) is 53.5 Å². The first-order valence-corrected chi connectivity index (χ1v) is 7.12. The van der Waals surface area contributed by atoms with Crippen LogP contribution in [0.1, 0.15) is 31.1 Å². The molecule has 2 rings (SSSR count). The van der Waals surface area contributed by atoms with Gasteiger partial charge in [0.15, 0.2) is 0 Å². The van der Waals surface area contributed by atoms with Gasteiger partial charge in [0.2, 0.25) is 5.56 Å². The molecule has 0 fully saturated rings. The van der Waals surface area contributed by atoms with Gasteiger partial charge in [-0.15, -0.1) is 0 Å². The van der Waals surface area contributed by atoms with E-state index in [0.717, 1.165) is 6.42 Å². The molecule has 0 bridgehead atoms. The molecule has 1 aromatic heterocycles. The number of aromatic amines is 1. The summed E-state index contributed by atoms with van der Waals surface area (Å²) in [6.45, 7) is 4.66. The van der Waals surface area contributed by atoms with Gasteiger partial charge in [0.25, 0.3) is 0 Å². The maximum absolute atomic E-state index is 11.0. The van der Waals surface area contributed by atoms with Gasteiger partial charge < -0.3 is 15.4 Å². The highest BCUT2D eigenvalue weighted by atomic mass is 16.3. The quantitative estimate of drug-likeness (QED) is 0.761. The van der Waals surface area contributed by atoms with Gasteiger partial charge in [-0.3, -0.25) is 4.79 Å². The van der Waals surface area contributed by atoms with Gasteiger partial charge in [-0.1, -0.05) is 30.3 Å². The Balaban J connectivity index is 1.91. The minimum absolute atomic E-state index is 0.121. The fourth-order valence-corrected chi connectivity index (χ4v) is 2.29. The average molecular weight is 286 g/mol. The minimum Gasteiger partial charge on any atom is -0.387 e. The number of rotatable bonds is 6. The average Bonchev–Trinajstić information content (AvgIpc) is 2.46. The molecule has 1 heterocycles. The van der Waals surface area contributed by atoms with Crippen LogP contribution in [-0.4, -0.2) is 22.2 Å². The van der Waals surface area contributed by atoms with Gasteiger partial charge in [-0.05, 0) is 37.5 Å². The molecule has 0 saturated heterocycles. The second kappa shape index (κ2) is 6.70. The third-order valence-corrected chi connectivity index (χ3v) is 3.46. The summed E-state index contributed by atoms with van der Waals surface area (Å²) in [7, 11) is 0. The first-order valence-electron chi connectivity index (χ1n) is 7.12. The summed E-state index contributed by atoms with van der Waals surface area (Å²) in [5.74, 6) is 0. The summed E-state index contributed by atoms with van der Waals surface area (Å²) in [5.41, 5.74) is 1.68. The van der Waals surface area contributed by atoms with Gasteiger partial charge in [0, 0.05) is 24.3 Å². The molecule has 4 nitrogen and oxygen atoms in total. The summed E-state index contributed by atoms with van der Waals surface area (Å²) in [5, 5.41) is 13.5. The topological polar surface area (TPSA) is 65.1 Å². The van der Waals surface area contributed by atoms with E-state index in [4.69, 9.17) is 0 Å². The Morgan fingerprint density at radius 3 is 2.52 bits per heavy atom. The molecule has 4 heteroatoms. The fourth-order valence-electron chi connectivity index (χ4n) is 2.29. The highest BCUT2D eigenvalue weighted by molar-refractivity contribution is 5.17. The third-order valence-electron chi connectivity index (χ3n) is 3.46. The van der Waals surface area contributed by atoms with Crippen LogP contribution in [0.3, 0.4) is 0 Å². The third kappa shape index (κ3) is 4.85. The molecule has 0 aliphatic rings. The summed E-state index contributed by atoms with van der Waals surface area (Å²) in [4.78, 5) is 13.6. The normalized spacial score (nSPS) is 13.1. The Morgan fingerprint density at radius 2 is 1.90 bits per heavy atom. The van der Waals surface area contributed by atoms with Crippen molar-refractivity contribution in [3.63, 3.8) is 0 Å². The number of H-pyrrole nitrogens is 1. The Kier molecular flexibility index (Phi) is 4.94. The SMILES string of the molecule is CC(C)(Cc1ccccc1)NCC(O)c1ccc(=O)[nH]c1. The van der Waals surface area contributed by atoms with Crippen molar-refractivity contribution in [2.75, 3.05) is 6.54 Å². The van der Waals surface area contributed by atoms with Crippen molar-refractivity contribution < 1.29 is 5.11 Å². The van der Waals surface area contributed by atoms with Gasteiger partial charge in [0.1, 0.15) is 0 Å². The molecule has 0 spiro atoms. The van der Waals surface area contributed by atoms with E-state index in [1.165, 1.54) is 11.6 Å². The van der Waals surface area contributed by atoms with Crippen LogP contribution in [-0.2, 0) is 6.42 Å². The largest absolute Gasteiger partial charge is 0.387 e. The monoisotopic (exact) mass is 286 g/mol. The van der Waals surface area contributed by atoms with Crippen LogP contribution in [0.2, 0.25) is 0 Å². The van der Waals surface area contributed by atoms with Crippen LogP contribution in [0.5, 0.6) is 0 Å².